The molecule has 1 aliphatic heterocycles. The Hall–Kier alpha value is -2.33. The van der Waals surface area contributed by atoms with Gasteiger partial charge in [0, 0.05) is 12.1 Å². The number of rotatable bonds is 4. The third-order valence-corrected chi connectivity index (χ3v) is 6.55. The van der Waals surface area contributed by atoms with Crippen molar-refractivity contribution in [2.24, 2.45) is 23.7 Å². The van der Waals surface area contributed by atoms with Crippen molar-refractivity contribution in [3.8, 4) is 0 Å². The van der Waals surface area contributed by atoms with Gasteiger partial charge in [0.1, 0.15) is 4.90 Å². The van der Waals surface area contributed by atoms with E-state index in [0.29, 0.717) is 5.06 Å². The molecule has 0 unspecified atom stereocenters. The molecule has 0 N–H and O–H groups in total. The molecule has 2 saturated carbocycles. The van der Waals surface area contributed by atoms with Gasteiger partial charge < -0.3 is 0 Å². The van der Waals surface area contributed by atoms with E-state index in [-0.39, 0.29) is 11.8 Å². The molecule has 1 aromatic carbocycles. The predicted molar refractivity (Wildman–Crippen MR) is 81.0 cm³/mol. The monoisotopic (exact) mass is 366 g/mol. The van der Waals surface area contributed by atoms with Crippen LogP contribution in [-0.4, -0.2) is 30.2 Å². The number of carbonyl (C=O) groups is 2. The van der Waals surface area contributed by atoms with Crippen molar-refractivity contribution in [3.63, 3.8) is 0 Å². The van der Waals surface area contributed by atoms with Gasteiger partial charge in [0.05, 0.1) is 16.8 Å². The van der Waals surface area contributed by atoms with Gasteiger partial charge in [0.2, 0.25) is 0 Å². The normalized spacial score (nSPS) is 30.8. The van der Waals surface area contributed by atoms with Gasteiger partial charge in [-0.3, -0.25) is 19.7 Å². The van der Waals surface area contributed by atoms with E-state index in [1.165, 1.54) is 6.07 Å². The maximum absolute atomic E-state index is 12.5. The molecule has 3 fully saturated rings. The summed E-state index contributed by atoms with van der Waals surface area (Å²) >= 11 is 0. The number of nitro benzene ring substituents is 1. The van der Waals surface area contributed by atoms with Gasteiger partial charge >= 0.3 is 10.1 Å². The van der Waals surface area contributed by atoms with Crippen LogP contribution < -0.4 is 0 Å². The van der Waals surface area contributed by atoms with Crippen molar-refractivity contribution in [1.82, 2.24) is 5.06 Å². The lowest BCUT2D eigenvalue weighted by molar-refractivity contribution is -0.385. The Morgan fingerprint density at radius 2 is 1.72 bits per heavy atom. The number of carbonyl (C=O) groups excluding carboxylic acids is 2. The lowest BCUT2D eigenvalue weighted by Crippen LogP contribution is -2.35. The number of benzene rings is 1. The number of fused-ring (bicyclic) bond motifs is 5. The van der Waals surface area contributed by atoms with Crippen LogP contribution in [0.25, 0.3) is 0 Å². The lowest BCUT2D eigenvalue weighted by Gasteiger charge is -2.18. The Balaban J connectivity index is 1.61. The minimum absolute atomic E-state index is 0.0977. The fourth-order valence-corrected chi connectivity index (χ4v) is 5.29. The molecule has 3 aliphatic rings. The Bertz CT molecular complexity index is 869. The Morgan fingerprint density at radius 1 is 1.12 bits per heavy atom. The molecule has 25 heavy (non-hydrogen) atoms. The summed E-state index contributed by atoms with van der Waals surface area (Å²) in [6.45, 7) is 0. The highest BCUT2D eigenvalue weighted by Crippen LogP contribution is 2.56. The van der Waals surface area contributed by atoms with Crippen LogP contribution in [0.4, 0.5) is 5.69 Å². The van der Waals surface area contributed by atoms with Crippen LogP contribution in [-0.2, 0) is 24.0 Å². The molecule has 0 aromatic heterocycles. The second kappa shape index (κ2) is 5.33. The highest BCUT2D eigenvalue weighted by molar-refractivity contribution is 7.86. The number of nitro groups is 1. The van der Waals surface area contributed by atoms with Crippen LogP contribution in [0, 0.1) is 33.8 Å². The minimum Gasteiger partial charge on any atom is -0.272 e. The Morgan fingerprint density at radius 3 is 2.28 bits per heavy atom. The van der Waals surface area contributed by atoms with Crippen molar-refractivity contribution in [3.05, 3.63) is 34.4 Å². The molecule has 0 spiro atoms. The van der Waals surface area contributed by atoms with Gasteiger partial charge in [-0.15, -0.1) is 9.35 Å². The maximum atomic E-state index is 12.5. The molecule has 2 bridgehead atoms. The van der Waals surface area contributed by atoms with Crippen molar-refractivity contribution in [1.29, 1.82) is 0 Å². The molecular formula is C15H14N2O7S. The van der Waals surface area contributed by atoms with Crippen molar-refractivity contribution in [2.45, 2.75) is 24.2 Å². The number of hydrogen-bond acceptors (Lipinski definition) is 7. The fourth-order valence-electron chi connectivity index (χ4n) is 4.35. The fraction of sp³-hybridized carbons (Fsp3) is 0.467. The van der Waals surface area contributed by atoms with Crippen LogP contribution in [0.5, 0.6) is 0 Å². The average Bonchev–Trinajstić information content (AvgIpc) is 3.25. The SMILES string of the molecule is O=C1[C@H]2[C@H]3CC[C@@H](C3)[C@@H]2C(=O)N1OS(=O)(=O)c1cccc([N+](=O)[O-])c1. The topological polar surface area (TPSA) is 124 Å². The largest absolute Gasteiger partial charge is 0.318 e. The van der Waals surface area contributed by atoms with E-state index in [4.69, 9.17) is 4.28 Å². The zero-order valence-corrected chi connectivity index (χ0v) is 13.7. The van der Waals surface area contributed by atoms with Gasteiger partial charge in [-0.1, -0.05) is 6.07 Å². The van der Waals surface area contributed by atoms with Gasteiger partial charge in [-0.25, -0.2) is 0 Å². The van der Waals surface area contributed by atoms with E-state index in [9.17, 15) is 28.1 Å². The Labute approximate surface area is 142 Å². The molecule has 132 valence electrons. The predicted octanol–water partition coefficient (Wildman–Crippen LogP) is 1.25. The van der Waals surface area contributed by atoms with E-state index >= 15 is 0 Å². The van der Waals surface area contributed by atoms with E-state index in [1.807, 2.05) is 0 Å². The van der Waals surface area contributed by atoms with Crippen LogP contribution in [0.15, 0.2) is 29.2 Å². The summed E-state index contributed by atoms with van der Waals surface area (Å²) in [6, 6.07) is 4.26. The molecule has 1 aromatic rings. The third kappa shape index (κ3) is 2.35. The molecule has 2 aliphatic carbocycles. The Kier molecular flexibility index (Phi) is 3.45. The number of nitrogens with zero attached hydrogens (tertiary/aromatic N) is 2. The highest BCUT2D eigenvalue weighted by Gasteiger charge is 2.62. The first-order chi connectivity index (χ1) is 11.8. The van der Waals surface area contributed by atoms with Gasteiger partial charge in [-0.05, 0) is 37.2 Å². The van der Waals surface area contributed by atoms with Gasteiger partial charge in [0.25, 0.3) is 17.5 Å². The van der Waals surface area contributed by atoms with Crippen LogP contribution in [0.1, 0.15) is 19.3 Å². The highest BCUT2D eigenvalue weighted by atomic mass is 32.2. The van der Waals surface area contributed by atoms with Crippen molar-refractivity contribution in [2.75, 3.05) is 0 Å². The first-order valence-electron chi connectivity index (χ1n) is 7.86. The zero-order valence-electron chi connectivity index (χ0n) is 12.9. The smallest absolute Gasteiger partial charge is 0.272 e. The molecule has 4 rings (SSSR count). The number of imide groups is 1. The molecule has 9 nitrogen and oxygen atoms in total. The minimum atomic E-state index is -4.53. The van der Waals surface area contributed by atoms with Crippen molar-refractivity contribution < 1.29 is 27.2 Å². The van der Waals surface area contributed by atoms with E-state index < -0.39 is 49.3 Å². The third-order valence-electron chi connectivity index (χ3n) is 5.38. The van der Waals surface area contributed by atoms with Gasteiger partial charge in [-0.2, -0.15) is 8.42 Å². The zero-order chi connectivity index (χ0) is 17.9. The molecule has 1 saturated heterocycles. The van der Waals surface area contributed by atoms with E-state index in [2.05, 4.69) is 0 Å². The van der Waals surface area contributed by atoms with Crippen LogP contribution in [0.2, 0.25) is 0 Å². The van der Waals surface area contributed by atoms with Crippen LogP contribution >= 0.6 is 0 Å². The van der Waals surface area contributed by atoms with Crippen LogP contribution in [0.3, 0.4) is 0 Å². The summed E-state index contributed by atoms with van der Waals surface area (Å²) < 4.78 is 29.5. The summed E-state index contributed by atoms with van der Waals surface area (Å²) in [6.07, 6.45) is 2.53. The molecule has 1 heterocycles. The average molecular weight is 366 g/mol. The summed E-state index contributed by atoms with van der Waals surface area (Å²) in [5.74, 6) is -2.08. The molecular weight excluding hydrogens is 352 g/mol. The maximum Gasteiger partial charge on any atom is 0.318 e. The van der Waals surface area contributed by atoms with Crippen molar-refractivity contribution >= 4 is 27.6 Å². The number of hydroxylamine groups is 2. The summed E-state index contributed by atoms with van der Waals surface area (Å²) in [4.78, 5) is 34.5. The summed E-state index contributed by atoms with van der Waals surface area (Å²) in [7, 11) is -4.53. The second-order valence-electron chi connectivity index (χ2n) is 6.64. The summed E-state index contributed by atoms with van der Waals surface area (Å²) in [5, 5.41) is 11.1. The molecule has 2 amide bonds. The molecule has 10 heteroatoms. The quantitative estimate of drug-likeness (QED) is 0.446. The standard InChI is InChI=1S/C15H14N2O7S/c18-14-12-8-4-5-9(6-8)13(12)15(19)16(14)24-25(22,23)11-3-1-2-10(7-11)17(20)21/h1-3,7-9,12-13H,4-6H2/t8-,9-,12-,13-/m0/s1. The second-order valence-corrected chi connectivity index (χ2v) is 8.17. The first-order valence-corrected chi connectivity index (χ1v) is 9.27. The number of non-ortho nitro benzene ring substituents is 1. The van der Waals surface area contributed by atoms with E-state index in [1.54, 1.807) is 0 Å². The molecule has 0 radical (unpaired) electrons. The van der Waals surface area contributed by atoms with E-state index in [0.717, 1.165) is 37.5 Å². The number of amides is 2. The molecule has 4 atom stereocenters. The first kappa shape index (κ1) is 16.2. The lowest BCUT2D eigenvalue weighted by atomic mass is 9.81. The summed E-state index contributed by atoms with van der Waals surface area (Å²) in [5.41, 5.74) is -0.432. The number of hydrogen-bond donors (Lipinski definition) is 0. The van der Waals surface area contributed by atoms with Gasteiger partial charge in [0.15, 0.2) is 0 Å².